The second-order valence-electron chi connectivity index (χ2n) is 7.49. The molecule has 1 fully saturated rings. The number of benzene rings is 1. The third-order valence-electron chi connectivity index (χ3n) is 5.33. The van der Waals surface area contributed by atoms with Crippen LogP contribution in [0.3, 0.4) is 0 Å². The minimum atomic E-state index is 0.622. The summed E-state index contributed by atoms with van der Waals surface area (Å²) in [4.78, 5) is 13.9. The molecule has 3 aromatic rings. The fraction of sp³-hybridized carbons (Fsp3) is 0.364. The van der Waals surface area contributed by atoms with Gasteiger partial charge >= 0.3 is 0 Å². The van der Waals surface area contributed by atoms with E-state index in [1.54, 1.807) is 0 Å². The van der Waals surface area contributed by atoms with Gasteiger partial charge in [-0.25, -0.2) is 9.97 Å². The zero-order valence-electron chi connectivity index (χ0n) is 16.3. The molecule has 0 saturated carbocycles. The Bertz CT molecular complexity index is 872. The average molecular weight is 361 g/mol. The van der Waals surface area contributed by atoms with Crippen LogP contribution < -0.4 is 4.90 Å². The van der Waals surface area contributed by atoms with Gasteiger partial charge in [0.1, 0.15) is 5.82 Å². The van der Waals surface area contributed by atoms with Crippen molar-refractivity contribution in [1.29, 1.82) is 0 Å². The summed E-state index contributed by atoms with van der Waals surface area (Å²) in [7, 11) is 0. The lowest BCUT2D eigenvalue weighted by Crippen LogP contribution is -2.49. The second kappa shape index (κ2) is 7.53. The highest BCUT2D eigenvalue weighted by Crippen LogP contribution is 2.23. The summed E-state index contributed by atoms with van der Waals surface area (Å²) in [6.07, 6.45) is 5.87. The van der Waals surface area contributed by atoms with Gasteiger partial charge in [0.2, 0.25) is 0 Å². The first-order chi connectivity index (χ1) is 13.1. The number of hydrogen-bond donors (Lipinski definition) is 0. The maximum atomic E-state index is 4.72. The van der Waals surface area contributed by atoms with E-state index in [-0.39, 0.29) is 0 Å². The van der Waals surface area contributed by atoms with E-state index in [0.29, 0.717) is 6.04 Å². The van der Waals surface area contributed by atoms with Crippen LogP contribution in [-0.4, -0.2) is 51.7 Å². The smallest absolute Gasteiger partial charge is 0.128 e. The Balaban J connectivity index is 1.45. The fourth-order valence-corrected chi connectivity index (χ4v) is 3.60. The molecule has 0 radical (unpaired) electrons. The first kappa shape index (κ1) is 17.7. The van der Waals surface area contributed by atoms with Gasteiger partial charge in [-0.1, -0.05) is 12.1 Å². The molecule has 0 spiro atoms. The topological polar surface area (TPSA) is 37.2 Å². The van der Waals surface area contributed by atoms with Gasteiger partial charge in [-0.05, 0) is 50.6 Å². The molecule has 1 aliphatic rings. The Kier molecular flexibility index (Phi) is 4.94. The Hall–Kier alpha value is -2.66. The van der Waals surface area contributed by atoms with Crippen LogP contribution in [0, 0.1) is 6.92 Å². The van der Waals surface area contributed by atoms with E-state index in [9.17, 15) is 0 Å². The first-order valence-electron chi connectivity index (χ1n) is 9.66. The summed E-state index contributed by atoms with van der Waals surface area (Å²) in [5, 5.41) is 0. The summed E-state index contributed by atoms with van der Waals surface area (Å²) >= 11 is 0. The van der Waals surface area contributed by atoms with Crippen molar-refractivity contribution in [3.8, 4) is 16.8 Å². The molecule has 0 bridgehead atoms. The first-order valence-corrected chi connectivity index (χ1v) is 9.66. The van der Waals surface area contributed by atoms with Crippen molar-refractivity contribution in [3.05, 3.63) is 60.8 Å². The minimum absolute atomic E-state index is 0.622. The standard InChI is InChI=1S/C22H27N5/c1-17(2)25-10-12-26(13-11-25)22-9-6-20(14-23-22)19-4-7-21(8-5-19)27-15-18(3)24-16-27/h4-9,14-17H,10-13H2,1-3H3. The normalized spacial score (nSPS) is 15.5. The molecule has 0 aliphatic carbocycles. The molecule has 3 heterocycles. The van der Waals surface area contributed by atoms with Crippen molar-refractivity contribution < 1.29 is 0 Å². The summed E-state index contributed by atoms with van der Waals surface area (Å²) < 4.78 is 2.04. The molecule has 1 saturated heterocycles. The number of aryl methyl sites for hydroxylation is 1. The highest BCUT2D eigenvalue weighted by molar-refractivity contribution is 5.65. The molecule has 0 N–H and O–H groups in total. The molecular weight excluding hydrogens is 334 g/mol. The van der Waals surface area contributed by atoms with E-state index in [2.05, 4.69) is 65.0 Å². The maximum absolute atomic E-state index is 4.72. The van der Waals surface area contributed by atoms with Gasteiger partial charge < -0.3 is 9.47 Å². The van der Waals surface area contributed by atoms with E-state index in [1.807, 2.05) is 30.2 Å². The molecule has 0 unspecified atom stereocenters. The Labute approximate surface area is 161 Å². The molecule has 0 amide bonds. The third kappa shape index (κ3) is 3.88. The number of imidazole rings is 1. The molecule has 2 aromatic heterocycles. The van der Waals surface area contributed by atoms with E-state index >= 15 is 0 Å². The van der Waals surface area contributed by atoms with Crippen LogP contribution in [0.25, 0.3) is 16.8 Å². The van der Waals surface area contributed by atoms with Gasteiger partial charge in [-0.15, -0.1) is 0 Å². The zero-order valence-corrected chi connectivity index (χ0v) is 16.3. The van der Waals surface area contributed by atoms with Crippen molar-refractivity contribution in [2.75, 3.05) is 31.1 Å². The van der Waals surface area contributed by atoms with Gasteiger partial charge in [-0.3, -0.25) is 4.90 Å². The monoisotopic (exact) mass is 361 g/mol. The lowest BCUT2D eigenvalue weighted by atomic mass is 10.1. The van der Waals surface area contributed by atoms with Crippen molar-refractivity contribution in [2.45, 2.75) is 26.8 Å². The molecule has 0 atom stereocenters. The quantitative estimate of drug-likeness (QED) is 0.709. The van der Waals surface area contributed by atoms with Crippen molar-refractivity contribution in [3.63, 3.8) is 0 Å². The molecule has 5 nitrogen and oxygen atoms in total. The molecule has 1 aromatic carbocycles. The molecule has 1 aliphatic heterocycles. The van der Waals surface area contributed by atoms with Crippen LogP contribution in [0.1, 0.15) is 19.5 Å². The molecule has 140 valence electrons. The highest BCUT2D eigenvalue weighted by Gasteiger charge is 2.19. The van der Waals surface area contributed by atoms with Gasteiger partial charge in [-0.2, -0.15) is 0 Å². The van der Waals surface area contributed by atoms with Gasteiger partial charge in [0, 0.05) is 55.9 Å². The predicted molar refractivity (Wildman–Crippen MR) is 110 cm³/mol. The van der Waals surface area contributed by atoms with E-state index < -0.39 is 0 Å². The van der Waals surface area contributed by atoms with Crippen LogP contribution >= 0.6 is 0 Å². The van der Waals surface area contributed by atoms with Crippen LogP contribution in [-0.2, 0) is 0 Å². The highest BCUT2D eigenvalue weighted by atomic mass is 15.3. The Morgan fingerprint density at radius 3 is 2.11 bits per heavy atom. The number of pyridine rings is 1. The third-order valence-corrected chi connectivity index (χ3v) is 5.33. The maximum Gasteiger partial charge on any atom is 0.128 e. The van der Waals surface area contributed by atoms with Crippen LogP contribution in [0.2, 0.25) is 0 Å². The number of anilines is 1. The van der Waals surface area contributed by atoms with Crippen LogP contribution in [0.5, 0.6) is 0 Å². The molecular formula is C22H27N5. The van der Waals surface area contributed by atoms with Gasteiger partial charge in [0.15, 0.2) is 0 Å². The lowest BCUT2D eigenvalue weighted by molar-refractivity contribution is 0.209. The number of hydrogen-bond acceptors (Lipinski definition) is 4. The summed E-state index contributed by atoms with van der Waals surface area (Å²) in [5.74, 6) is 1.08. The number of rotatable bonds is 4. The summed E-state index contributed by atoms with van der Waals surface area (Å²) in [6.45, 7) is 10.8. The van der Waals surface area contributed by atoms with Crippen molar-refractivity contribution in [1.82, 2.24) is 19.4 Å². The summed E-state index contributed by atoms with van der Waals surface area (Å²) in [6, 6.07) is 13.5. The van der Waals surface area contributed by atoms with E-state index in [1.165, 1.54) is 5.56 Å². The zero-order chi connectivity index (χ0) is 18.8. The Morgan fingerprint density at radius 1 is 0.852 bits per heavy atom. The van der Waals surface area contributed by atoms with E-state index in [4.69, 9.17) is 4.98 Å². The van der Waals surface area contributed by atoms with Gasteiger partial charge in [0.05, 0.1) is 12.0 Å². The number of aromatic nitrogens is 3. The van der Waals surface area contributed by atoms with Crippen LogP contribution in [0.15, 0.2) is 55.1 Å². The van der Waals surface area contributed by atoms with Crippen LogP contribution in [0.4, 0.5) is 5.82 Å². The molecule has 4 rings (SSSR count). The summed E-state index contributed by atoms with van der Waals surface area (Å²) in [5.41, 5.74) is 4.47. The number of nitrogens with zero attached hydrogens (tertiary/aromatic N) is 5. The molecule has 5 heteroatoms. The second-order valence-corrected chi connectivity index (χ2v) is 7.49. The van der Waals surface area contributed by atoms with Crippen molar-refractivity contribution >= 4 is 5.82 Å². The lowest BCUT2D eigenvalue weighted by Gasteiger charge is -2.37. The predicted octanol–water partition coefficient (Wildman–Crippen LogP) is 3.77. The van der Waals surface area contributed by atoms with Gasteiger partial charge in [0.25, 0.3) is 0 Å². The largest absolute Gasteiger partial charge is 0.354 e. The SMILES string of the molecule is Cc1cn(-c2ccc(-c3ccc(N4CCN(C(C)C)CC4)nc3)cc2)cn1. The molecule has 27 heavy (non-hydrogen) atoms. The average Bonchev–Trinajstić information content (AvgIpc) is 3.15. The van der Waals surface area contributed by atoms with Crippen molar-refractivity contribution in [2.24, 2.45) is 0 Å². The minimum Gasteiger partial charge on any atom is -0.354 e. The fourth-order valence-electron chi connectivity index (χ4n) is 3.60. The number of piperazine rings is 1. The Morgan fingerprint density at radius 2 is 1.56 bits per heavy atom. The van der Waals surface area contributed by atoms with E-state index in [0.717, 1.165) is 48.9 Å².